The van der Waals surface area contributed by atoms with E-state index in [-0.39, 0.29) is 22.2 Å². The monoisotopic (exact) mass is 414 g/mol. The molecule has 2 nitrogen and oxygen atoms in total. The van der Waals surface area contributed by atoms with Crippen LogP contribution >= 0.6 is 0 Å². The third-order valence-corrected chi connectivity index (χ3v) is 9.02. The van der Waals surface area contributed by atoms with E-state index >= 15 is 0 Å². The van der Waals surface area contributed by atoms with E-state index in [2.05, 4.69) is 46.4 Å². The molecule has 0 spiro atoms. The van der Waals surface area contributed by atoms with E-state index in [0.717, 1.165) is 32.1 Å². The number of rotatable bonds is 9. The lowest BCUT2D eigenvalue weighted by Gasteiger charge is -2.58. The van der Waals surface area contributed by atoms with E-state index in [1.807, 2.05) is 0 Å². The number of carbonyl (C=O) groups is 1. The molecule has 0 N–H and O–H groups in total. The Morgan fingerprint density at radius 3 is 2.60 bits per heavy atom. The maximum absolute atomic E-state index is 13.3. The Bertz CT molecular complexity index is 649. The van der Waals surface area contributed by atoms with E-state index < -0.39 is 0 Å². The van der Waals surface area contributed by atoms with Crippen LogP contribution < -0.4 is 0 Å². The maximum Gasteiger partial charge on any atom is 0.312 e. The van der Waals surface area contributed by atoms with E-state index in [1.54, 1.807) is 5.57 Å². The van der Waals surface area contributed by atoms with Gasteiger partial charge in [0.05, 0.1) is 12.0 Å². The topological polar surface area (TPSA) is 26.3 Å². The Kier molecular flexibility index (Phi) is 7.57. The van der Waals surface area contributed by atoms with E-state index in [4.69, 9.17) is 4.74 Å². The Labute approximate surface area is 185 Å². The van der Waals surface area contributed by atoms with Crippen LogP contribution in [0.5, 0.6) is 0 Å². The van der Waals surface area contributed by atoms with Gasteiger partial charge >= 0.3 is 5.97 Å². The SMILES string of the molecule is C=C[C@@]1(C)CC=C2[C@@H](CC[C@@H]3[C@](C)(C(=O)OCCCCCCCC)CCC[C@@]23C)C1. The maximum atomic E-state index is 13.3. The molecule has 0 aromatic carbocycles. The summed E-state index contributed by atoms with van der Waals surface area (Å²) in [4.78, 5) is 13.3. The van der Waals surface area contributed by atoms with Crippen molar-refractivity contribution in [2.24, 2.45) is 28.1 Å². The Morgan fingerprint density at radius 2 is 1.87 bits per heavy atom. The minimum absolute atomic E-state index is 0.0813. The fourth-order valence-electron chi connectivity index (χ4n) is 7.07. The molecule has 0 heterocycles. The molecule has 0 aromatic heterocycles. The van der Waals surface area contributed by atoms with Crippen molar-refractivity contribution >= 4 is 5.97 Å². The molecule has 0 aromatic rings. The van der Waals surface area contributed by atoms with Crippen molar-refractivity contribution < 1.29 is 9.53 Å². The second-order valence-corrected chi connectivity index (χ2v) is 11.3. The molecule has 0 aliphatic heterocycles. The van der Waals surface area contributed by atoms with Crippen LogP contribution in [0.2, 0.25) is 0 Å². The van der Waals surface area contributed by atoms with Gasteiger partial charge in [0.2, 0.25) is 0 Å². The summed E-state index contributed by atoms with van der Waals surface area (Å²) in [5.74, 6) is 1.17. The molecule has 3 rings (SSSR count). The Hall–Kier alpha value is -1.05. The summed E-state index contributed by atoms with van der Waals surface area (Å²) in [6.07, 6.45) is 20.1. The van der Waals surface area contributed by atoms with Crippen LogP contribution in [0.15, 0.2) is 24.3 Å². The van der Waals surface area contributed by atoms with Crippen LogP contribution in [-0.4, -0.2) is 12.6 Å². The molecule has 2 heteroatoms. The number of unbranched alkanes of at least 4 members (excludes halogenated alkanes) is 5. The lowest BCUT2D eigenvalue weighted by Crippen LogP contribution is -2.53. The molecule has 0 bridgehead atoms. The number of hydrogen-bond donors (Lipinski definition) is 0. The highest BCUT2D eigenvalue weighted by Crippen LogP contribution is 2.64. The van der Waals surface area contributed by atoms with Crippen LogP contribution in [-0.2, 0) is 9.53 Å². The summed E-state index contributed by atoms with van der Waals surface area (Å²) in [5.41, 5.74) is 1.75. The average molecular weight is 415 g/mol. The summed E-state index contributed by atoms with van der Waals surface area (Å²) in [7, 11) is 0. The smallest absolute Gasteiger partial charge is 0.312 e. The van der Waals surface area contributed by atoms with Crippen LogP contribution in [0.1, 0.15) is 111 Å². The molecule has 5 atom stereocenters. The van der Waals surface area contributed by atoms with Gasteiger partial charge < -0.3 is 4.74 Å². The number of esters is 1. The van der Waals surface area contributed by atoms with E-state index in [1.165, 1.54) is 51.4 Å². The van der Waals surface area contributed by atoms with Gasteiger partial charge in [-0.1, -0.05) is 77.0 Å². The normalized spacial score (nSPS) is 38.2. The van der Waals surface area contributed by atoms with Crippen molar-refractivity contribution in [3.63, 3.8) is 0 Å². The molecule has 2 fully saturated rings. The van der Waals surface area contributed by atoms with Gasteiger partial charge in [-0.25, -0.2) is 0 Å². The molecule has 170 valence electrons. The van der Waals surface area contributed by atoms with Crippen molar-refractivity contribution in [1.82, 2.24) is 0 Å². The first-order chi connectivity index (χ1) is 14.3. The molecule has 2 saturated carbocycles. The highest BCUT2D eigenvalue weighted by Gasteiger charge is 2.58. The second kappa shape index (κ2) is 9.61. The fourth-order valence-corrected chi connectivity index (χ4v) is 7.07. The molecule has 0 radical (unpaired) electrons. The summed E-state index contributed by atoms with van der Waals surface area (Å²) < 4.78 is 5.90. The molecule has 3 aliphatic carbocycles. The highest BCUT2D eigenvalue weighted by molar-refractivity contribution is 5.77. The first-order valence-electron chi connectivity index (χ1n) is 12.8. The number of fused-ring (bicyclic) bond motifs is 3. The lowest BCUT2D eigenvalue weighted by atomic mass is 9.46. The highest BCUT2D eigenvalue weighted by atomic mass is 16.5. The zero-order chi connectivity index (χ0) is 21.8. The van der Waals surface area contributed by atoms with Crippen LogP contribution in [0.25, 0.3) is 0 Å². The molecule has 30 heavy (non-hydrogen) atoms. The summed E-state index contributed by atoms with van der Waals surface area (Å²) in [5, 5.41) is 0. The fraction of sp³-hybridized carbons (Fsp3) is 0.821. The number of hydrogen-bond acceptors (Lipinski definition) is 2. The van der Waals surface area contributed by atoms with Gasteiger partial charge in [0.25, 0.3) is 0 Å². The van der Waals surface area contributed by atoms with Gasteiger partial charge in [0.15, 0.2) is 0 Å². The zero-order valence-corrected chi connectivity index (χ0v) is 20.2. The van der Waals surface area contributed by atoms with Crippen molar-refractivity contribution in [3.8, 4) is 0 Å². The number of carbonyl (C=O) groups excluding carboxylic acids is 1. The minimum Gasteiger partial charge on any atom is -0.465 e. The predicted octanol–water partition coefficient (Wildman–Crippen LogP) is 8.03. The number of ether oxygens (including phenoxy) is 1. The van der Waals surface area contributed by atoms with Crippen molar-refractivity contribution in [2.75, 3.05) is 6.61 Å². The third-order valence-electron chi connectivity index (χ3n) is 9.02. The van der Waals surface area contributed by atoms with Crippen molar-refractivity contribution in [2.45, 2.75) is 111 Å². The first kappa shape index (κ1) is 23.6. The van der Waals surface area contributed by atoms with Crippen LogP contribution in [0.4, 0.5) is 0 Å². The Balaban J connectivity index is 1.65. The van der Waals surface area contributed by atoms with E-state index in [0.29, 0.717) is 18.4 Å². The lowest BCUT2D eigenvalue weighted by molar-refractivity contribution is -0.167. The standard InChI is InChI=1S/C28H46O2/c1-6-8-9-10-11-12-20-30-25(29)28(5)18-13-17-27(4)23-16-19-26(3,7-2)21-22(23)14-15-24(27)28/h7,16,22,24H,2,6,8-15,17-21H2,1,3-5H3/t22-,24-,26-,27-,28+/m0/s1. The molecular weight excluding hydrogens is 368 g/mol. The molecule has 0 saturated heterocycles. The van der Waals surface area contributed by atoms with Crippen LogP contribution in [0, 0.1) is 28.1 Å². The molecular formula is C28H46O2. The van der Waals surface area contributed by atoms with Gasteiger partial charge in [-0.3, -0.25) is 4.79 Å². The summed E-state index contributed by atoms with van der Waals surface area (Å²) in [6.45, 7) is 14.0. The molecule has 0 unspecified atom stereocenters. The molecule has 3 aliphatic rings. The third kappa shape index (κ3) is 4.58. The second-order valence-electron chi connectivity index (χ2n) is 11.3. The zero-order valence-electron chi connectivity index (χ0n) is 20.2. The minimum atomic E-state index is -0.319. The quantitative estimate of drug-likeness (QED) is 0.217. The van der Waals surface area contributed by atoms with Gasteiger partial charge in [0, 0.05) is 0 Å². The van der Waals surface area contributed by atoms with Crippen LogP contribution in [0.3, 0.4) is 0 Å². The van der Waals surface area contributed by atoms with Gasteiger partial charge in [-0.2, -0.15) is 0 Å². The van der Waals surface area contributed by atoms with Crippen molar-refractivity contribution in [3.05, 3.63) is 24.3 Å². The van der Waals surface area contributed by atoms with E-state index in [9.17, 15) is 4.79 Å². The largest absolute Gasteiger partial charge is 0.465 e. The van der Waals surface area contributed by atoms with Gasteiger partial charge in [-0.05, 0) is 74.5 Å². The predicted molar refractivity (Wildman–Crippen MR) is 126 cm³/mol. The number of allylic oxidation sites excluding steroid dienone is 3. The summed E-state index contributed by atoms with van der Waals surface area (Å²) >= 11 is 0. The summed E-state index contributed by atoms with van der Waals surface area (Å²) in [6, 6.07) is 0. The molecule has 0 amide bonds. The van der Waals surface area contributed by atoms with Gasteiger partial charge in [0.1, 0.15) is 0 Å². The first-order valence-corrected chi connectivity index (χ1v) is 12.8. The Morgan fingerprint density at radius 1 is 1.13 bits per heavy atom. The average Bonchev–Trinajstić information content (AvgIpc) is 2.72. The van der Waals surface area contributed by atoms with Crippen molar-refractivity contribution in [1.29, 1.82) is 0 Å². The van der Waals surface area contributed by atoms with Gasteiger partial charge in [-0.15, -0.1) is 6.58 Å².